The first-order valence-corrected chi connectivity index (χ1v) is 6.24. The SMILES string of the molecule is CCCCCCNCCCC(C)(C)C#N. The van der Waals surface area contributed by atoms with E-state index in [0.717, 1.165) is 25.9 Å². The Morgan fingerprint density at radius 2 is 1.73 bits per heavy atom. The molecule has 0 saturated heterocycles. The van der Waals surface area contributed by atoms with Crippen molar-refractivity contribution >= 4 is 0 Å². The van der Waals surface area contributed by atoms with Crippen LogP contribution in [0.3, 0.4) is 0 Å². The molecular weight excluding hydrogens is 184 g/mol. The third-order valence-electron chi connectivity index (χ3n) is 2.67. The van der Waals surface area contributed by atoms with Gasteiger partial charge < -0.3 is 5.32 Å². The molecule has 0 fully saturated rings. The van der Waals surface area contributed by atoms with Crippen molar-refractivity contribution in [3.63, 3.8) is 0 Å². The lowest BCUT2D eigenvalue weighted by Crippen LogP contribution is -2.19. The maximum atomic E-state index is 8.82. The van der Waals surface area contributed by atoms with E-state index in [9.17, 15) is 0 Å². The van der Waals surface area contributed by atoms with E-state index < -0.39 is 0 Å². The Kier molecular flexibility index (Phi) is 8.41. The van der Waals surface area contributed by atoms with E-state index in [4.69, 9.17) is 5.26 Å². The number of hydrogen-bond acceptors (Lipinski definition) is 2. The summed E-state index contributed by atoms with van der Waals surface area (Å²) in [5.74, 6) is 0. The summed E-state index contributed by atoms with van der Waals surface area (Å²) in [6, 6.07) is 2.33. The molecule has 2 nitrogen and oxygen atoms in total. The molecule has 0 heterocycles. The van der Waals surface area contributed by atoms with E-state index >= 15 is 0 Å². The first-order chi connectivity index (χ1) is 7.12. The van der Waals surface area contributed by atoms with Gasteiger partial charge in [-0.2, -0.15) is 5.26 Å². The zero-order valence-electron chi connectivity index (χ0n) is 10.6. The van der Waals surface area contributed by atoms with Gasteiger partial charge in [0.05, 0.1) is 11.5 Å². The van der Waals surface area contributed by atoms with Gasteiger partial charge in [-0.1, -0.05) is 26.2 Å². The summed E-state index contributed by atoms with van der Waals surface area (Å²) in [6.45, 7) is 8.43. The van der Waals surface area contributed by atoms with Crippen LogP contribution in [0.2, 0.25) is 0 Å². The van der Waals surface area contributed by atoms with Crippen LogP contribution in [-0.2, 0) is 0 Å². The Morgan fingerprint density at radius 3 is 2.33 bits per heavy atom. The second kappa shape index (κ2) is 8.73. The summed E-state index contributed by atoms with van der Waals surface area (Å²) in [7, 11) is 0. The van der Waals surface area contributed by atoms with Crippen LogP contribution in [0.1, 0.15) is 59.3 Å². The zero-order valence-corrected chi connectivity index (χ0v) is 10.6. The summed E-state index contributed by atoms with van der Waals surface area (Å²) >= 11 is 0. The lowest BCUT2D eigenvalue weighted by molar-refractivity contribution is 0.424. The maximum absolute atomic E-state index is 8.82. The largest absolute Gasteiger partial charge is 0.317 e. The molecule has 0 amide bonds. The second-order valence-electron chi connectivity index (χ2n) is 4.91. The molecule has 0 aromatic heterocycles. The van der Waals surface area contributed by atoms with Gasteiger partial charge >= 0.3 is 0 Å². The summed E-state index contributed by atoms with van der Waals surface area (Å²) in [5.41, 5.74) is -0.149. The van der Waals surface area contributed by atoms with E-state index in [1.165, 1.54) is 25.7 Å². The molecule has 0 atom stereocenters. The first kappa shape index (κ1) is 14.5. The van der Waals surface area contributed by atoms with Gasteiger partial charge in [0.2, 0.25) is 0 Å². The first-order valence-electron chi connectivity index (χ1n) is 6.24. The quantitative estimate of drug-likeness (QED) is 0.591. The van der Waals surface area contributed by atoms with Crippen LogP contribution in [0.5, 0.6) is 0 Å². The monoisotopic (exact) mass is 210 g/mol. The number of unbranched alkanes of at least 4 members (excludes halogenated alkanes) is 3. The third kappa shape index (κ3) is 9.75. The van der Waals surface area contributed by atoms with E-state index in [2.05, 4.69) is 18.3 Å². The number of hydrogen-bond donors (Lipinski definition) is 1. The van der Waals surface area contributed by atoms with Crippen molar-refractivity contribution in [1.82, 2.24) is 5.32 Å². The van der Waals surface area contributed by atoms with Crippen LogP contribution < -0.4 is 5.32 Å². The summed E-state index contributed by atoms with van der Waals surface area (Å²) in [6.07, 6.45) is 7.38. The van der Waals surface area contributed by atoms with Crippen molar-refractivity contribution in [2.24, 2.45) is 5.41 Å². The van der Waals surface area contributed by atoms with Crippen molar-refractivity contribution in [2.45, 2.75) is 59.3 Å². The molecule has 0 aliphatic heterocycles. The van der Waals surface area contributed by atoms with Crippen LogP contribution >= 0.6 is 0 Å². The van der Waals surface area contributed by atoms with Crippen LogP contribution in [-0.4, -0.2) is 13.1 Å². The molecule has 0 aromatic rings. The number of nitrogens with one attached hydrogen (secondary N) is 1. The highest BCUT2D eigenvalue weighted by atomic mass is 14.8. The number of nitriles is 1. The predicted octanol–water partition coefficient (Wildman–Crippen LogP) is 3.49. The highest BCUT2D eigenvalue weighted by Crippen LogP contribution is 2.19. The molecule has 0 saturated carbocycles. The van der Waals surface area contributed by atoms with Gasteiger partial charge in [-0.25, -0.2) is 0 Å². The van der Waals surface area contributed by atoms with Crippen molar-refractivity contribution in [1.29, 1.82) is 5.26 Å². The highest BCUT2D eigenvalue weighted by molar-refractivity contribution is 4.91. The van der Waals surface area contributed by atoms with Crippen molar-refractivity contribution in [3.8, 4) is 6.07 Å². The molecule has 0 aromatic carbocycles. The summed E-state index contributed by atoms with van der Waals surface area (Å²) in [5, 5.41) is 12.3. The normalized spacial score (nSPS) is 11.3. The Balaban J connectivity index is 3.16. The minimum atomic E-state index is -0.149. The molecule has 0 aliphatic carbocycles. The van der Waals surface area contributed by atoms with Gasteiger partial charge in [-0.05, 0) is 46.2 Å². The summed E-state index contributed by atoms with van der Waals surface area (Å²) < 4.78 is 0. The molecule has 88 valence electrons. The van der Waals surface area contributed by atoms with Gasteiger partial charge in [-0.3, -0.25) is 0 Å². The Morgan fingerprint density at radius 1 is 1.07 bits per heavy atom. The van der Waals surface area contributed by atoms with E-state index in [1.54, 1.807) is 0 Å². The molecule has 0 spiro atoms. The molecule has 0 aliphatic rings. The number of nitrogens with zero attached hydrogens (tertiary/aromatic N) is 1. The Labute approximate surface area is 95.1 Å². The lowest BCUT2D eigenvalue weighted by Gasteiger charge is -2.14. The fourth-order valence-electron chi connectivity index (χ4n) is 1.51. The van der Waals surface area contributed by atoms with E-state index in [0.29, 0.717) is 0 Å². The van der Waals surface area contributed by atoms with Crippen molar-refractivity contribution in [2.75, 3.05) is 13.1 Å². The Bertz CT molecular complexity index is 179. The van der Waals surface area contributed by atoms with Gasteiger partial charge in [0.15, 0.2) is 0 Å². The van der Waals surface area contributed by atoms with E-state index in [-0.39, 0.29) is 5.41 Å². The molecule has 1 N–H and O–H groups in total. The molecule has 15 heavy (non-hydrogen) atoms. The van der Waals surface area contributed by atoms with Crippen LogP contribution in [0, 0.1) is 16.7 Å². The fourth-order valence-corrected chi connectivity index (χ4v) is 1.51. The van der Waals surface area contributed by atoms with Gasteiger partial charge in [0, 0.05) is 0 Å². The average molecular weight is 210 g/mol. The lowest BCUT2D eigenvalue weighted by atomic mass is 9.90. The molecule has 0 radical (unpaired) electrons. The molecule has 0 rings (SSSR count). The second-order valence-corrected chi connectivity index (χ2v) is 4.91. The standard InChI is InChI=1S/C13H26N2/c1-4-5-6-7-10-15-11-8-9-13(2,3)12-14/h15H,4-11H2,1-3H3. The van der Waals surface area contributed by atoms with Crippen LogP contribution in [0.4, 0.5) is 0 Å². The Hall–Kier alpha value is -0.550. The van der Waals surface area contributed by atoms with E-state index in [1.807, 2.05) is 13.8 Å². The maximum Gasteiger partial charge on any atom is 0.0683 e. The predicted molar refractivity (Wildman–Crippen MR) is 65.6 cm³/mol. The molecule has 0 bridgehead atoms. The average Bonchev–Trinajstić information content (AvgIpc) is 2.22. The third-order valence-corrected chi connectivity index (χ3v) is 2.67. The van der Waals surface area contributed by atoms with Gasteiger partial charge in [0.1, 0.15) is 0 Å². The van der Waals surface area contributed by atoms with Crippen molar-refractivity contribution < 1.29 is 0 Å². The van der Waals surface area contributed by atoms with Gasteiger partial charge in [0.25, 0.3) is 0 Å². The minimum Gasteiger partial charge on any atom is -0.317 e. The van der Waals surface area contributed by atoms with Crippen LogP contribution in [0.15, 0.2) is 0 Å². The molecule has 2 heteroatoms. The fraction of sp³-hybridized carbons (Fsp3) is 0.923. The van der Waals surface area contributed by atoms with Crippen LogP contribution in [0.25, 0.3) is 0 Å². The minimum absolute atomic E-state index is 0.149. The van der Waals surface area contributed by atoms with Crippen molar-refractivity contribution in [3.05, 3.63) is 0 Å². The number of rotatable bonds is 9. The highest BCUT2D eigenvalue weighted by Gasteiger charge is 2.14. The smallest absolute Gasteiger partial charge is 0.0683 e. The zero-order chi connectivity index (χ0) is 11.6. The molecular formula is C13H26N2. The van der Waals surface area contributed by atoms with Gasteiger partial charge in [-0.15, -0.1) is 0 Å². The topological polar surface area (TPSA) is 35.8 Å². The molecule has 0 unspecified atom stereocenters. The summed E-state index contributed by atoms with van der Waals surface area (Å²) in [4.78, 5) is 0.